The summed E-state index contributed by atoms with van der Waals surface area (Å²) >= 11 is 1.57. The maximum absolute atomic E-state index is 9.94. The Bertz CT molecular complexity index is 590. The second-order valence-electron chi connectivity index (χ2n) is 4.35. The van der Waals surface area contributed by atoms with E-state index in [1.165, 1.54) is 0 Å². The van der Waals surface area contributed by atoms with Gasteiger partial charge in [0.2, 0.25) is 0 Å². The lowest BCUT2D eigenvalue weighted by molar-refractivity contribution is 0.175. The highest BCUT2D eigenvalue weighted by Crippen LogP contribution is 2.19. The monoisotopic (exact) mass is 288 g/mol. The Morgan fingerprint density at radius 2 is 2.30 bits per heavy atom. The Hall–Kier alpha value is -1.87. The molecule has 1 aromatic heterocycles. The number of ether oxygens (including phenoxy) is 1. The van der Waals surface area contributed by atoms with E-state index in [0.29, 0.717) is 24.4 Å². The molecule has 20 heavy (non-hydrogen) atoms. The van der Waals surface area contributed by atoms with E-state index < -0.39 is 6.10 Å². The number of nitrogens with zero attached hydrogens (tertiary/aromatic N) is 1. The van der Waals surface area contributed by atoms with Gasteiger partial charge in [-0.05, 0) is 40.1 Å². The number of hydrogen-bond acceptors (Lipinski definition) is 5. The topological polar surface area (TPSA) is 65.3 Å². The molecule has 0 aliphatic rings. The zero-order valence-corrected chi connectivity index (χ0v) is 12.0. The van der Waals surface area contributed by atoms with Crippen molar-refractivity contribution in [1.82, 2.24) is 5.32 Å². The van der Waals surface area contributed by atoms with Crippen molar-refractivity contribution < 1.29 is 9.84 Å². The maximum Gasteiger partial charge on any atom is 0.136 e. The van der Waals surface area contributed by atoms with Crippen LogP contribution < -0.4 is 10.1 Å². The number of methoxy groups -OCH3 is 1. The van der Waals surface area contributed by atoms with Crippen molar-refractivity contribution in [1.29, 1.82) is 5.26 Å². The fraction of sp³-hybridized carbons (Fsp3) is 0.267. The maximum atomic E-state index is 9.94. The van der Waals surface area contributed by atoms with Crippen molar-refractivity contribution in [3.63, 3.8) is 0 Å². The molecule has 1 unspecified atom stereocenters. The first-order chi connectivity index (χ1) is 9.74. The second-order valence-corrected chi connectivity index (χ2v) is 5.13. The average molecular weight is 288 g/mol. The van der Waals surface area contributed by atoms with Crippen LogP contribution >= 0.6 is 11.3 Å². The molecular weight excluding hydrogens is 272 g/mol. The lowest BCUT2D eigenvalue weighted by atomic mass is 10.1. The summed E-state index contributed by atoms with van der Waals surface area (Å²) in [6.45, 7) is 1.07. The molecule has 4 nitrogen and oxygen atoms in total. The number of hydrogen-bond donors (Lipinski definition) is 2. The van der Waals surface area contributed by atoms with Crippen molar-refractivity contribution in [3.05, 3.63) is 51.7 Å². The highest BCUT2D eigenvalue weighted by atomic mass is 32.1. The summed E-state index contributed by atoms with van der Waals surface area (Å²) in [6.07, 6.45) is -0.505. The van der Waals surface area contributed by atoms with E-state index >= 15 is 0 Å². The first kappa shape index (κ1) is 14.5. The van der Waals surface area contributed by atoms with Crippen molar-refractivity contribution >= 4 is 11.3 Å². The highest BCUT2D eigenvalue weighted by molar-refractivity contribution is 7.07. The largest absolute Gasteiger partial charge is 0.495 e. The van der Waals surface area contributed by atoms with Gasteiger partial charge >= 0.3 is 0 Å². The Morgan fingerprint density at radius 1 is 1.45 bits per heavy atom. The van der Waals surface area contributed by atoms with Crippen LogP contribution in [-0.2, 0) is 6.54 Å². The van der Waals surface area contributed by atoms with Crippen molar-refractivity contribution in [2.24, 2.45) is 0 Å². The Morgan fingerprint density at radius 3 is 2.95 bits per heavy atom. The smallest absolute Gasteiger partial charge is 0.136 e. The zero-order chi connectivity index (χ0) is 14.4. The van der Waals surface area contributed by atoms with Gasteiger partial charge in [-0.15, -0.1) is 0 Å². The van der Waals surface area contributed by atoms with Crippen molar-refractivity contribution in [2.45, 2.75) is 12.6 Å². The molecule has 0 saturated carbocycles. The van der Waals surface area contributed by atoms with E-state index in [9.17, 15) is 5.11 Å². The van der Waals surface area contributed by atoms with E-state index in [-0.39, 0.29) is 0 Å². The molecule has 1 aromatic carbocycles. The third-order valence-corrected chi connectivity index (χ3v) is 3.68. The van der Waals surface area contributed by atoms with Crippen LogP contribution in [-0.4, -0.2) is 18.8 Å². The SMILES string of the molecule is COc1ccc(CNCC(O)c2ccsc2)cc1C#N. The molecule has 0 saturated heterocycles. The summed E-state index contributed by atoms with van der Waals surface area (Å²) in [5.74, 6) is 0.578. The van der Waals surface area contributed by atoms with Crippen LogP contribution in [0, 0.1) is 11.3 Å². The fourth-order valence-corrected chi connectivity index (χ4v) is 2.60. The lowest BCUT2D eigenvalue weighted by Gasteiger charge is -2.11. The summed E-state index contributed by atoms with van der Waals surface area (Å²) in [4.78, 5) is 0. The summed E-state index contributed by atoms with van der Waals surface area (Å²) in [6, 6.07) is 9.51. The van der Waals surface area contributed by atoms with Gasteiger partial charge in [0.15, 0.2) is 0 Å². The van der Waals surface area contributed by atoms with Crippen LogP contribution in [0.5, 0.6) is 5.75 Å². The summed E-state index contributed by atoms with van der Waals surface area (Å²) in [7, 11) is 1.55. The second kappa shape index (κ2) is 7.06. The van der Waals surface area contributed by atoms with Crippen LogP contribution in [0.25, 0.3) is 0 Å². The van der Waals surface area contributed by atoms with Gasteiger partial charge in [-0.25, -0.2) is 0 Å². The number of nitriles is 1. The minimum atomic E-state index is -0.505. The Balaban J connectivity index is 1.90. The van der Waals surface area contributed by atoms with E-state index in [4.69, 9.17) is 10.00 Å². The van der Waals surface area contributed by atoms with Crippen LogP contribution in [0.2, 0.25) is 0 Å². The average Bonchev–Trinajstić information content (AvgIpc) is 3.01. The van der Waals surface area contributed by atoms with E-state index in [0.717, 1.165) is 11.1 Å². The van der Waals surface area contributed by atoms with E-state index in [2.05, 4.69) is 11.4 Å². The lowest BCUT2D eigenvalue weighted by Crippen LogP contribution is -2.20. The molecule has 0 aliphatic heterocycles. The first-order valence-corrected chi connectivity index (χ1v) is 7.16. The third-order valence-electron chi connectivity index (χ3n) is 2.98. The van der Waals surface area contributed by atoms with E-state index in [1.807, 2.05) is 22.9 Å². The van der Waals surface area contributed by atoms with Gasteiger partial charge in [0.05, 0.1) is 18.8 Å². The van der Waals surface area contributed by atoms with Gasteiger partial charge in [-0.3, -0.25) is 0 Å². The highest BCUT2D eigenvalue weighted by Gasteiger charge is 2.08. The van der Waals surface area contributed by atoms with Crippen LogP contribution in [0.1, 0.15) is 22.8 Å². The quantitative estimate of drug-likeness (QED) is 0.857. The van der Waals surface area contributed by atoms with Crippen molar-refractivity contribution in [2.75, 3.05) is 13.7 Å². The van der Waals surface area contributed by atoms with Crippen LogP contribution in [0.15, 0.2) is 35.0 Å². The molecule has 5 heteroatoms. The summed E-state index contributed by atoms with van der Waals surface area (Å²) in [5, 5.41) is 26.0. The number of rotatable bonds is 6. The van der Waals surface area contributed by atoms with Gasteiger partial charge in [0.25, 0.3) is 0 Å². The van der Waals surface area contributed by atoms with Crippen LogP contribution in [0.4, 0.5) is 0 Å². The molecule has 0 spiro atoms. The molecular formula is C15H16N2O2S. The number of benzene rings is 1. The molecule has 0 bridgehead atoms. The molecule has 1 atom stereocenters. The predicted molar refractivity (Wildman–Crippen MR) is 78.7 cm³/mol. The molecule has 2 N–H and O–H groups in total. The summed E-state index contributed by atoms with van der Waals surface area (Å²) < 4.78 is 5.10. The molecule has 0 amide bonds. The molecule has 0 fully saturated rings. The minimum absolute atomic E-state index is 0.477. The Labute approximate surface area is 122 Å². The van der Waals surface area contributed by atoms with Gasteiger partial charge in [0.1, 0.15) is 11.8 Å². The fourth-order valence-electron chi connectivity index (χ4n) is 1.89. The standard InChI is InChI=1S/C15H16N2O2S/c1-19-15-3-2-11(6-13(15)7-16)8-17-9-14(18)12-4-5-20-10-12/h2-6,10,14,17-18H,8-9H2,1H3. The predicted octanol–water partition coefficient (Wildman–Crippen LogP) is 2.45. The number of nitrogens with one attached hydrogen (secondary N) is 1. The zero-order valence-electron chi connectivity index (χ0n) is 11.2. The normalized spacial score (nSPS) is 11.8. The molecule has 0 aliphatic carbocycles. The van der Waals surface area contributed by atoms with Gasteiger partial charge in [-0.1, -0.05) is 6.07 Å². The first-order valence-electron chi connectivity index (χ1n) is 6.22. The number of thiophene rings is 1. The third kappa shape index (κ3) is 3.58. The number of aliphatic hydroxyl groups is 1. The van der Waals surface area contributed by atoms with Gasteiger partial charge < -0.3 is 15.2 Å². The minimum Gasteiger partial charge on any atom is -0.495 e. The van der Waals surface area contributed by atoms with Crippen molar-refractivity contribution in [3.8, 4) is 11.8 Å². The number of aliphatic hydroxyl groups excluding tert-OH is 1. The van der Waals surface area contributed by atoms with Gasteiger partial charge in [-0.2, -0.15) is 16.6 Å². The molecule has 1 heterocycles. The van der Waals surface area contributed by atoms with Crippen LogP contribution in [0.3, 0.4) is 0 Å². The molecule has 104 valence electrons. The summed E-state index contributed by atoms with van der Waals surface area (Å²) in [5.41, 5.74) is 2.43. The Kier molecular flexibility index (Phi) is 5.13. The molecule has 2 aromatic rings. The molecule has 2 rings (SSSR count). The molecule has 0 radical (unpaired) electrons. The van der Waals surface area contributed by atoms with Gasteiger partial charge in [0, 0.05) is 13.1 Å². The van der Waals surface area contributed by atoms with E-state index in [1.54, 1.807) is 30.6 Å².